The number of aliphatic carboxylic acids is 1. The van der Waals surface area contributed by atoms with Gasteiger partial charge in [0.1, 0.15) is 6.04 Å². The van der Waals surface area contributed by atoms with Gasteiger partial charge in [-0.15, -0.1) is 0 Å². The molecule has 0 bridgehead atoms. The SMILES string of the molecule is CC(C)[C@@H](CNC(=O)c1ccc(C[C@@H](N)C(=O)O)cc1)c1ccc(-c2ccc(C3COC3)cc2)cc1. The van der Waals surface area contributed by atoms with Gasteiger partial charge in [0.2, 0.25) is 0 Å². The molecule has 1 fully saturated rings. The number of amides is 1. The number of carboxylic acid groups (broad SMARTS) is 1. The Hall–Kier alpha value is -3.48. The first-order valence-electron chi connectivity index (χ1n) is 12.5. The second-order valence-electron chi connectivity index (χ2n) is 9.88. The Morgan fingerprint density at radius 1 is 0.944 bits per heavy atom. The van der Waals surface area contributed by atoms with Crippen molar-refractivity contribution >= 4 is 11.9 Å². The van der Waals surface area contributed by atoms with E-state index in [1.54, 1.807) is 24.3 Å². The fourth-order valence-electron chi connectivity index (χ4n) is 4.48. The van der Waals surface area contributed by atoms with E-state index >= 15 is 0 Å². The van der Waals surface area contributed by atoms with Crippen LogP contribution in [0, 0.1) is 5.92 Å². The van der Waals surface area contributed by atoms with Crippen molar-refractivity contribution in [1.29, 1.82) is 0 Å². The van der Waals surface area contributed by atoms with Crippen molar-refractivity contribution in [3.8, 4) is 11.1 Å². The van der Waals surface area contributed by atoms with Crippen molar-refractivity contribution in [1.82, 2.24) is 5.32 Å². The summed E-state index contributed by atoms with van der Waals surface area (Å²) in [7, 11) is 0. The second kappa shape index (κ2) is 11.5. The van der Waals surface area contributed by atoms with Crippen LogP contribution in [0.4, 0.5) is 0 Å². The monoisotopic (exact) mass is 486 g/mol. The Morgan fingerprint density at radius 3 is 2.03 bits per heavy atom. The first-order valence-corrected chi connectivity index (χ1v) is 12.5. The fourth-order valence-corrected chi connectivity index (χ4v) is 4.48. The number of benzene rings is 3. The van der Waals surface area contributed by atoms with E-state index in [0.717, 1.165) is 18.8 Å². The van der Waals surface area contributed by atoms with Gasteiger partial charge in [0.25, 0.3) is 5.91 Å². The third-order valence-electron chi connectivity index (χ3n) is 6.97. The van der Waals surface area contributed by atoms with Crippen molar-refractivity contribution in [2.75, 3.05) is 19.8 Å². The molecule has 6 nitrogen and oxygen atoms in total. The van der Waals surface area contributed by atoms with Gasteiger partial charge in [-0.1, -0.05) is 74.5 Å². The van der Waals surface area contributed by atoms with Crippen LogP contribution in [-0.4, -0.2) is 42.8 Å². The Kier molecular flexibility index (Phi) is 8.18. The zero-order valence-electron chi connectivity index (χ0n) is 20.8. The van der Waals surface area contributed by atoms with E-state index in [9.17, 15) is 9.59 Å². The molecule has 0 aromatic heterocycles. The Labute approximate surface area is 212 Å². The van der Waals surface area contributed by atoms with Crippen LogP contribution < -0.4 is 11.1 Å². The van der Waals surface area contributed by atoms with Crippen molar-refractivity contribution in [3.63, 3.8) is 0 Å². The van der Waals surface area contributed by atoms with Crippen LogP contribution in [0.5, 0.6) is 0 Å². The molecule has 1 aliphatic heterocycles. The molecule has 4 rings (SSSR count). The minimum Gasteiger partial charge on any atom is -0.480 e. The summed E-state index contributed by atoms with van der Waals surface area (Å²) >= 11 is 0. The number of nitrogens with one attached hydrogen (secondary N) is 1. The van der Waals surface area contributed by atoms with Gasteiger partial charge in [-0.05, 0) is 52.3 Å². The summed E-state index contributed by atoms with van der Waals surface area (Å²) in [6.07, 6.45) is 0.224. The van der Waals surface area contributed by atoms with Crippen LogP contribution in [0.15, 0.2) is 72.8 Å². The predicted molar refractivity (Wildman–Crippen MR) is 141 cm³/mol. The number of carbonyl (C=O) groups is 2. The van der Waals surface area contributed by atoms with Crippen LogP contribution in [-0.2, 0) is 16.0 Å². The molecule has 0 aliphatic carbocycles. The van der Waals surface area contributed by atoms with Gasteiger partial charge in [0.05, 0.1) is 13.2 Å². The molecule has 36 heavy (non-hydrogen) atoms. The lowest BCUT2D eigenvalue weighted by Gasteiger charge is -2.26. The number of ether oxygens (including phenoxy) is 1. The highest BCUT2D eigenvalue weighted by molar-refractivity contribution is 5.94. The third-order valence-corrected chi connectivity index (χ3v) is 6.97. The number of nitrogens with two attached hydrogens (primary N) is 1. The van der Waals surface area contributed by atoms with Crippen molar-refractivity contribution in [2.24, 2.45) is 11.7 Å². The van der Waals surface area contributed by atoms with Crippen LogP contribution in [0.3, 0.4) is 0 Å². The lowest BCUT2D eigenvalue weighted by molar-refractivity contribution is -0.138. The molecule has 1 aliphatic rings. The van der Waals surface area contributed by atoms with Crippen molar-refractivity contribution in [2.45, 2.75) is 38.1 Å². The van der Waals surface area contributed by atoms with E-state index in [1.165, 1.54) is 22.3 Å². The molecule has 1 amide bonds. The number of rotatable bonds is 10. The molecule has 0 spiro atoms. The molecule has 3 aromatic rings. The van der Waals surface area contributed by atoms with Crippen LogP contribution in [0.25, 0.3) is 11.1 Å². The molecule has 4 N–H and O–H groups in total. The molecule has 1 saturated heterocycles. The molecule has 0 saturated carbocycles. The van der Waals surface area contributed by atoms with Crippen molar-refractivity contribution < 1.29 is 19.4 Å². The number of hydrogen-bond acceptors (Lipinski definition) is 4. The van der Waals surface area contributed by atoms with Crippen molar-refractivity contribution in [3.05, 3.63) is 95.1 Å². The lowest BCUT2D eigenvalue weighted by Crippen LogP contribution is -2.32. The highest BCUT2D eigenvalue weighted by Gasteiger charge is 2.21. The number of hydrogen-bond donors (Lipinski definition) is 3. The highest BCUT2D eigenvalue weighted by Crippen LogP contribution is 2.29. The average molecular weight is 487 g/mol. The lowest BCUT2D eigenvalue weighted by atomic mass is 9.87. The summed E-state index contributed by atoms with van der Waals surface area (Å²) in [5, 5.41) is 12.0. The molecule has 1 heterocycles. The van der Waals surface area contributed by atoms with E-state index in [2.05, 4.69) is 67.7 Å². The van der Waals surface area contributed by atoms with E-state index in [0.29, 0.717) is 23.9 Å². The third kappa shape index (κ3) is 6.20. The smallest absolute Gasteiger partial charge is 0.320 e. The van der Waals surface area contributed by atoms with Gasteiger partial charge in [0.15, 0.2) is 0 Å². The van der Waals surface area contributed by atoms with Gasteiger partial charge in [0, 0.05) is 23.9 Å². The Balaban J connectivity index is 1.36. The standard InChI is InChI=1S/C30H34N2O4/c1-19(2)27(16-32-29(33)25-5-3-20(4-6-25)15-28(31)30(34)35)24-13-11-22(12-14-24)21-7-9-23(10-8-21)26-17-36-18-26/h3-14,19,26-28H,15-18,31H2,1-2H3,(H,32,33)(H,34,35)/t27-,28-/m1/s1. The van der Waals surface area contributed by atoms with Gasteiger partial charge < -0.3 is 20.9 Å². The highest BCUT2D eigenvalue weighted by atomic mass is 16.5. The maximum absolute atomic E-state index is 12.7. The molecule has 2 atom stereocenters. The maximum atomic E-state index is 12.7. The first-order chi connectivity index (χ1) is 17.3. The zero-order chi connectivity index (χ0) is 25.7. The first kappa shape index (κ1) is 25.6. The van der Waals surface area contributed by atoms with Crippen LogP contribution in [0.2, 0.25) is 0 Å². The zero-order valence-corrected chi connectivity index (χ0v) is 20.8. The van der Waals surface area contributed by atoms with Gasteiger partial charge in [-0.3, -0.25) is 9.59 Å². The normalized spacial score (nSPS) is 15.2. The predicted octanol–water partition coefficient (Wildman–Crippen LogP) is 4.59. The second-order valence-corrected chi connectivity index (χ2v) is 9.88. The van der Waals surface area contributed by atoms with Crippen LogP contribution in [0.1, 0.15) is 52.7 Å². The molecule has 188 valence electrons. The van der Waals surface area contributed by atoms with E-state index in [4.69, 9.17) is 15.6 Å². The maximum Gasteiger partial charge on any atom is 0.320 e. The molecule has 0 unspecified atom stereocenters. The summed E-state index contributed by atoms with van der Waals surface area (Å²) in [6.45, 7) is 6.48. The summed E-state index contributed by atoms with van der Waals surface area (Å²) in [4.78, 5) is 23.7. The molecular weight excluding hydrogens is 452 g/mol. The quantitative estimate of drug-likeness (QED) is 0.389. The fraction of sp³-hybridized carbons (Fsp3) is 0.333. The minimum atomic E-state index is -1.04. The minimum absolute atomic E-state index is 0.150. The van der Waals surface area contributed by atoms with Gasteiger partial charge >= 0.3 is 5.97 Å². The van der Waals surface area contributed by atoms with Gasteiger partial charge in [-0.2, -0.15) is 0 Å². The largest absolute Gasteiger partial charge is 0.480 e. The summed E-state index contributed by atoms with van der Waals surface area (Å²) in [5.74, 6) is -0.140. The van der Waals surface area contributed by atoms with E-state index in [1.807, 2.05) is 0 Å². The van der Waals surface area contributed by atoms with Gasteiger partial charge in [-0.25, -0.2) is 0 Å². The topological polar surface area (TPSA) is 102 Å². The van der Waals surface area contributed by atoms with Crippen LogP contribution >= 0.6 is 0 Å². The summed E-state index contributed by atoms with van der Waals surface area (Å²) in [6, 6.07) is 23.3. The molecule has 6 heteroatoms. The Morgan fingerprint density at radius 2 is 1.53 bits per heavy atom. The average Bonchev–Trinajstić information content (AvgIpc) is 2.84. The molecule has 3 aromatic carbocycles. The number of carbonyl (C=O) groups excluding carboxylic acids is 1. The molecular formula is C30H34N2O4. The summed E-state index contributed by atoms with van der Waals surface area (Å²) in [5.41, 5.74) is 11.8. The van der Waals surface area contributed by atoms with E-state index < -0.39 is 12.0 Å². The summed E-state index contributed by atoms with van der Waals surface area (Å²) < 4.78 is 5.29. The number of carboxylic acids is 1. The van der Waals surface area contributed by atoms with E-state index in [-0.39, 0.29) is 18.2 Å². The molecule has 0 radical (unpaired) electrons. The Bertz CT molecular complexity index is 1170.